The molecule has 0 aliphatic carbocycles. The highest BCUT2D eigenvalue weighted by atomic mass is 16.5. The Morgan fingerprint density at radius 2 is 2.13 bits per heavy atom. The van der Waals surface area contributed by atoms with E-state index in [-0.39, 0.29) is 6.61 Å². The van der Waals surface area contributed by atoms with E-state index >= 15 is 0 Å². The van der Waals surface area contributed by atoms with E-state index in [1.54, 1.807) is 0 Å². The first kappa shape index (κ1) is 10.5. The summed E-state index contributed by atoms with van der Waals surface area (Å²) in [7, 11) is 0. The highest BCUT2D eigenvalue weighted by Gasteiger charge is 2.15. The van der Waals surface area contributed by atoms with Crippen LogP contribution in [0.3, 0.4) is 0 Å². The molecule has 0 radical (unpaired) electrons. The molecular weight excluding hydrogens is 190 g/mol. The van der Waals surface area contributed by atoms with Crippen LogP contribution < -0.4 is 10.1 Å². The lowest BCUT2D eigenvalue weighted by atomic mass is 10.1. The Bertz CT molecular complexity index is 291. The summed E-state index contributed by atoms with van der Waals surface area (Å²) in [5.41, 5.74) is 1.15. The van der Waals surface area contributed by atoms with Crippen LogP contribution in [0, 0.1) is 0 Å². The molecule has 2 N–H and O–H groups in total. The van der Waals surface area contributed by atoms with Gasteiger partial charge in [-0.05, 0) is 37.1 Å². The summed E-state index contributed by atoms with van der Waals surface area (Å²) in [4.78, 5) is 0. The van der Waals surface area contributed by atoms with Gasteiger partial charge in [-0.3, -0.25) is 0 Å². The summed E-state index contributed by atoms with van der Waals surface area (Å²) in [6.07, 6.45) is 2.11. The van der Waals surface area contributed by atoms with E-state index in [9.17, 15) is 0 Å². The van der Waals surface area contributed by atoms with Gasteiger partial charge in [0.2, 0.25) is 0 Å². The first-order valence-corrected chi connectivity index (χ1v) is 5.45. The largest absolute Gasteiger partial charge is 0.489 e. The molecule has 1 aromatic carbocycles. The van der Waals surface area contributed by atoms with Crippen molar-refractivity contribution in [3.05, 3.63) is 29.8 Å². The fourth-order valence-electron chi connectivity index (χ4n) is 1.78. The maximum Gasteiger partial charge on any atom is 0.119 e. The van der Waals surface area contributed by atoms with Crippen molar-refractivity contribution < 1.29 is 9.84 Å². The van der Waals surface area contributed by atoms with Crippen molar-refractivity contribution in [1.82, 2.24) is 5.32 Å². The van der Waals surface area contributed by atoms with E-state index in [1.807, 2.05) is 24.3 Å². The highest BCUT2D eigenvalue weighted by Crippen LogP contribution is 2.16. The molecule has 1 atom stereocenters. The molecule has 82 valence electrons. The minimum Gasteiger partial charge on any atom is -0.489 e. The minimum atomic E-state index is 0.201. The lowest BCUT2D eigenvalue weighted by molar-refractivity contribution is 0.223. The molecule has 1 aliphatic rings. The third kappa shape index (κ3) is 2.94. The van der Waals surface area contributed by atoms with Crippen molar-refractivity contribution in [3.8, 4) is 5.75 Å². The molecule has 0 saturated carbocycles. The third-order valence-corrected chi connectivity index (χ3v) is 2.64. The van der Waals surface area contributed by atoms with E-state index in [0.29, 0.717) is 12.5 Å². The maximum absolute atomic E-state index is 8.78. The molecule has 0 amide bonds. The number of rotatable bonds is 4. The van der Waals surface area contributed by atoms with Crippen LogP contribution in [0.5, 0.6) is 5.75 Å². The fourth-order valence-corrected chi connectivity index (χ4v) is 1.78. The second-order valence-electron chi connectivity index (χ2n) is 3.85. The smallest absolute Gasteiger partial charge is 0.119 e. The normalized spacial score (nSPS) is 20.5. The van der Waals surface area contributed by atoms with Crippen molar-refractivity contribution in [2.75, 3.05) is 19.7 Å². The SMILES string of the molecule is OCCc1ccc(O[C@H]2CCNC2)cc1. The second-order valence-corrected chi connectivity index (χ2v) is 3.85. The summed E-state index contributed by atoms with van der Waals surface area (Å²) in [6, 6.07) is 7.97. The molecule has 1 saturated heterocycles. The van der Waals surface area contributed by atoms with Crippen LogP contribution in [-0.2, 0) is 6.42 Å². The number of hydrogen-bond acceptors (Lipinski definition) is 3. The average Bonchev–Trinajstić information content (AvgIpc) is 2.74. The van der Waals surface area contributed by atoms with Gasteiger partial charge in [-0.25, -0.2) is 0 Å². The van der Waals surface area contributed by atoms with Gasteiger partial charge in [0.05, 0.1) is 0 Å². The van der Waals surface area contributed by atoms with E-state index in [4.69, 9.17) is 9.84 Å². The Labute approximate surface area is 90.1 Å². The molecule has 1 fully saturated rings. The summed E-state index contributed by atoms with van der Waals surface area (Å²) >= 11 is 0. The molecule has 0 aromatic heterocycles. The summed E-state index contributed by atoms with van der Waals surface area (Å²) in [5, 5.41) is 12.0. The van der Waals surface area contributed by atoms with Gasteiger partial charge in [0.25, 0.3) is 0 Å². The van der Waals surface area contributed by atoms with E-state index in [2.05, 4.69) is 5.32 Å². The monoisotopic (exact) mass is 207 g/mol. The van der Waals surface area contributed by atoms with Crippen LogP contribution in [0.25, 0.3) is 0 Å². The van der Waals surface area contributed by atoms with Gasteiger partial charge in [-0.1, -0.05) is 12.1 Å². The predicted molar refractivity (Wildman–Crippen MR) is 59.1 cm³/mol. The van der Waals surface area contributed by atoms with Gasteiger partial charge >= 0.3 is 0 Å². The van der Waals surface area contributed by atoms with Gasteiger partial charge in [0.15, 0.2) is 0 Å². The number of ether oxygens (including phenoxy) is 1. The Morgan fingerprint density at radius 1 is 1.33 bits per heavy atom. The van der Waals surface area contributed by atoms with E-state index in [0.717, 1.165) is 30.8 Å². The molecule has 15 heavy (non-hydrogen) atoms. The van der Waals surface area contributed by atoms with Crippen molar-refractivity contribution in [1.29, 1.82) is 0 Å². The van der Waals surface area contributed by atoms with Crippen LogP contribution in [0.4, 0.5) is 0 Å². The predicted octanol–water partition coefficient (Wildman–Crippen LogP) is 0.962. The Hall–Kier alpha value is -1.06. The summed E-state index contributed by atoms with van der Waals surface area (Å²) in [5.74, 6) is 0.922. The second kappa shape index (κ2) is 5.14. The van der Waals surface area contributed by atoms with Crippen molar-refractivity contribution >= 4 is 0 Å². The molecule has 1 aromatic rings. The standard InChI is InChI=1S/C12H17NO2/c14-8-6-10-1-3-11(4-2-10)15-12-5-7-13-9-12/h1-4,12-14H,5-9H2/t12-/m0/s1. The minimum absolute atomic E-state index is 0.201. The van der Waals surface area contributed by atoms with E-state index < -0.39 is 0 Å². The Kier molecular flexibility index (Phi) is 3.59. The number of nitrogens with one attached hydrogen (secondary N) is 1. The Balaban J connectivity index is 1.91. The molecule has 1 aliphatic heterocycles. The van der Waals surface area contributed by atoms with Crippen LogP contribution >= 0.6 is 0 Å². The third-order valence-electron chi connectivity index (χ3n) is 2.64. The van der Waals surface area contributed by atoms with Gasteiger partial charge < -0.3 is 15.2 Å². The van der Waals surface area contributed by atoms with Crippen LogP contribution in [-0.4, -0.2) is 30.9 Å². The number of aliphatic hydroxyl groups excluding tert-OH is 1. The number of aliphatic hydroxyl groups is 1. The fraction of sp³-hybridized carbons (Fsp3) is 0.500. The average molecular weight is 207 g/mol. The quantitative estimate of drug-likeness (QED) is 0.772. The van der Waals surface area contributed by atoms with Crippen molar-refractivity contribution in [2.45, 2.75) is 18.9 Å². The van der Waals surface area contributed by atoms with Crippen LogP contribution in [0.15, 0.2) is 24.3 Å². The Morgan fingerprint density at radius 3 is 2.73 bits per heavy atom. The zero-order valence-corrected chi connectivity index (χ0v) is 8.78. The zero-order chi connectivity index (χ0) is 10.5. The van der Waals surface area contributed by atoms with Gasteiger partial charge in [-0.2, -0.15) is 0 Å². The number of benzene rings is 1. The van der Waals surface area contributed by atoms with Gasteiger partial charge in [0.1, 0.15) is 11.9 Å². The van der Waals surface area contributed by atoms with Gasteiger partial charge in [0, 0.05) is 13.2 Å². The maximum atomic E-state index is 8.78. The molecule has 3 heteroatoms. The summed E-state index contributed by atoms with van der Waals surface area (Å²) < 4.78 is 5.78. The molecule has 0 bridgehead atoms. The molecule has 1 heterocycles. The first-order valence-electron chi connectivity index (χ1n) is 5.45. The first-order chi connectivity index (χ1) is 7.38. The number of hydrogen-bond donors (Lipinski definition) is 2. The van der Waals surface area contributed by atoms with Crippen molar-refractivity contribution in [3.63, 3.8) is 0 Å². The molecule has 0 spiro atoms. The lowest BCUT2D eigenvalue weighted by Gasteiger charge is -2.12. The summed E-state index contributed by atoms with van der Waals surface area (Å²) in [6.45, 7) is 2.19. The van der Waals surface area contributed by atoms with Crippen LogP contribution in [0.2, 0.25) is 0 Å². The molecular formula is C12H17NO2. The zero-order valence-electron chi connectivity index (χ0n) is 8.78. The van der Waals surface area contributed by atoms with E-state index in [1.165, 1.54) is 0 Å². The van der Waals surface area contributed by atoms with Gasteiger partial charge in [-0.15, -0.1) is 0 Å². The molecule has 0 unspecified atom stereocenters. The topological polar surface area (TPSA) is 41.5 Å². The van der Waals surface area contributed by atoms with Crippen LogP contribution in [0.1, 0.15) is 12.0 Å². The lowest BCUT2D eigenvalue weighted by Crippen LogP contribution is -2.19. The van der Waals surface area contributed by atoms with Crippen molar-refractivity contribution in [2.24, 2.45) is 0 Å². The highest BCUT2D eigenvalue weighted by molar-refractivity contribution is 5.27. The molecule has 3 nitrogen and oxygen atoms in total. The molecule has 2 rings (SSSR count).